The van der Waals surface area contributed by atoms with E-state index in [0.717, 1.165) is 22.3 Å². The number of para-hydroxylation sites is 1. The predicted octanol–water partition coefficient (Wildman–Crippen LogP) is 3.67. The molecule has 3 aromatic rings. The minimum atomic E-state index is -0.0800. The molecule has 1 aromatic heterocycles. The Balaban J connectivity index is 1.73. The van der Waals surface area contributed by atoms with Gasteiger partial charge in [0.25, 0.3) is 5.91 Å². The van der Waals surface area contributed by atoms with Crippen molar-refractivity contribution in [3.8, 4) is 0 Å². The SMILES string of the molecule is Cc1ccccc1C(=O)NCc1cc2ccccc2o1. The standard InChI is InChI=1S/C17H15NO2/c1-12-6-2-4-8-15(12)17(19)18-11-14-10-13-7-3-5-9-16(13)20-14/h2-10H,11H2,1H3,(H,18,19). The number of hydrogen-bond acceptors (Lipinski definition) is 2. The number of carbonyl (C=O) groups is 1. The Kier molecular flexibility index (Phi) is 3.25. The lowest BCUT2D eigenvalue weighted by Crippen LogP contribution is -2.23. The van der Waals surface area contributed by atoms with Crippen molar-refractivity contribution < 1.29 is 9.21 Å². The van der Waals surface area contributed by atoms with E-state index in [1.807, 2.05) is 61.5 Å². The number of carbonyl (C=O) groups excluding carboxylic acids is 1. The highest BCUT2D eigenvalue weighted by molar-refractivity contribution is 5.95. The summed E-state index contributed by atoms with van der Waals surface area (Å²) in [5, 5.41) is 3.93. The smallest absolute Gasteiger partial charge is 0.251 e. The van der Waals surface area contributed by atoms with E-state index in [1.54, 1.807) is 0 Å². The first-order valence-electron chi connectivity index (χ1n) is 6.55. The third-order valence-corrected chi connectivity index (χ3v) is 3.29. The van der Waals surface area contributed by atoms with Gasteiger partial charge in [-0.05, 0) is 30.7 Å². The van der Waals surface area contributed by atoms with Gasteiger partial charge in [-0.15, -0.1) is 0 Å². The van der Waals surface area contributed by atoms with Gasteiger partial charge in [0.1, 0.15) is 11.3 Å². The van der Waals surface area contributed by atoms with Crippen LogP contribution in [-0.2, 0) is 6.54 Å². The summed E-state index contributed by atoms with van der Waals surface area (Å²) in [6.07, 6.45) is 0. The third-order valence-electron chi connectivity index (χ3n) is 3.29. The molecule has 0 saturated carbocycles. The van der Waals surface area contributed by atoms with Crippen LogP contribution < -0.4 is 5.32 Å². The molecule has 20 heavy (non-hydrogen) atoms. The van der Waals surface area contributed by atoms with Crippen LogP contribution in [0.1, 0.15) is 21.7 Å². The monoisotopic (exact) mass is 265 g/mol. The number of rotatable bonds is 3. The molecular weight excluding hydrogens is 250 g/mol. The fourth-order valence-corrected chi connectivity index (χ4v) is 2.21. The molecule has 1 N–H and O–H groups in total. The number of benzene rings is 2. The number of aryl methyl sites for hydroxylation is 1. The summed E-state index contributed by atoms with van der Waals surface area (Å²) in [5.74, 6) is 0.677. The Morgan fingerprint density at radius 2 is 1.85 bits per heavy atom. The third kappa shape index (κ3) is 2.43. The molecule has 0 aliphatic heterocycles. The summed E-state index contributed by atoms with van der Waals surface area (Å²) in [7, 11) is 0. The van der Waals surface area contributed by atoms with Crippen LogP contribution in [0.15, 0.2) is 59.0 Å². The molecule has 0 saturated heterocycles. The second-order valence-corrected chi connectivity index (χ2v) is 4.75. The average molecular weight is 265 g/mol. The fourth-order valence-electron chi connectivity index (χ4n) is 2.21. The van der Waals surface area contributed by atoms with Crippen molar-refractivity contribution >= 4 is 16.9 Å². The minimum absolute atomic E-state index is 0.0800. The Labute approximate surface area is 117 Å². The van der Waals surface area contributed by atoms with E-state index in [1.165, 1.54) is 0 Å². The van der Waals surface area contributed by atoms with Crippen LogP contribution in [0.25, 0.3) is 11.0 Å². The van der Waals surface area contributed by atoms with Gasteiger partial charge in [-0.25, -0.2) is 0 Å². The lowest BCUT2D eigenvalue weighted by molar-refractivity contribution is 0.0947. The summed E-state index contributed by atoms with van der Waals surface area (Å²) in [4.78, 5) is 12.1. The summed E-state index contributed by atoms with van der Waals surface area (Å²) in [6, 6.07) is 17.3. The zero-order valence-electron chi connectivity index (χ0n) is 11.2. The Morgan fingerprint density at radius 1 is 1.10 bits per heavy atom. The van der Waals surface area contributed by atoms with Gasteiger partial charge >= 0.3 is 0 Å². The van der Waals surface area contributed by atoms with Crippen LogP contribution in [0.5, 0.6) is 0 Å². The highest BCUT2D eigenvalue weighted by Gasteiger charge is 2.09. The molecular formula is C17H15NO2. The zero-order chi connectivity index (χ0) is 13.9. The molecule has 0 unspecified atom stereocenters. The molecule has 0 radical (unpaired) electrons. The molecule has 1 heterocycles. The van der Waals surface area contributed by atoms with Crippen LogP contribution in [0.2, 0.25) is 0 Å². The quantitative estimate of drug-likeness (QED) is 0.785. The van der Waals surface area contributed by atoms with Crippen LogP contribution in [0.3, 0.4) is 0 Å². The molecule has 2 aromatic carbocycles. The lowest BCUT2D eigenvalue weighted by Gasteiger charge is -2.05. The molecule has 1 amide bonds. The summed E-state index contributed by atoms with van der Waals surface area (Å²) < 4.78 is 5.67. The maximum Gasteiger partial charge on any atom is 0.251 e. The van der Waals surface area contributed by atoms with E-state index in [2.05, 4.69) is 5.32 Å². The number of amides is 1. The van der Waals surface area contributed by atoms with Gasteiger partial charge in [-0.2, -0.15) is 0 Å². The van der Waals surface area contributed by atoms with Gasteiger partial charge in [0.2, 0.25) is 0 Å². The van der Waals surface area contributed by atoms with Crippen molar-refractivity contribution in [2.24, 2.45) is 0 Å². The second kappa shape index (κ2) is 5.21. The second-order valence-electron chi connectivity index (χ2n) is 4.75. The average Bonchev–Trinajstić information content (AvgIpc) is 2.88. The summed E-state index contributed by atoms with van der Waals surface area (Å²) in [5.41, 5.74) is 2.51. The first kappa shape index (κ1) is 12.5. The fraction of sp³-hybridized carbons (Fsp3) is 0.118. The summed E-state index contributed by atoms with van der Waals surface area (Å²) >= 11 is 0. The Morgan fingerprint density at radius 3 is 2.65 bits per heavy atom. The van der Waals surface area contributed by atoms with E-state index in [4.69, 9.17) is 4.42 Å². The first-order valence-corrected chi connectivity index (χ1v) is 6.55. The van der Waals surface area contributed by atoms with Crippen molar-refractivity contribution in [1.82, 2.24) is 5.32 Å². The summed E-state index contributed by atoms with van der Waals surface area (Å²) in [6.45, 7) is 2.32. The highest BCUT2D eigenvalue weighted by atomic mass is 16.3. The first-order chi connectivity index (χ1) is 9.74. The largest absolute Gasteiger partial charge is 0.459 e. The van der Waals surface area contributed by atoms with E-state index in [-0.39, 0.29) is 5.91 Å². The minimum Gasteiger partial charge on any atom is -0.459 e. The van der Waals surface area contributed by atoms with Gasteiger partial charge in [0.05, 0.1) is 6.54 Å². The molecule has 0 spiro atoms. The van der Waals surface area contributed by atoms with Crippen molar-refractivity contribution in [1.29, 1.82) is 0 Å². The van der Waals surface area contributed by atoms with Gasteiger partial charge in [0, 0.05) is 10.9 Å². The molecule has 0 aliphatic rings. The van der Waals surface area contributed by atoms with E-state index >= 15 is 0 Å². The van der Waals surface area contributed by atoms with Crippen LogP contribution >= 0.6 is 0 Å². The number of hydrogen-bond donors (Lipinski definition) is 1. The van der Waals surface area contributed by atoms with Gasteiger partial charge in [-0.1, -0.05) is 36.4 Å². The molecule has 0 aliphatic carbocycles. The zero-order valence-corrected chi connectivity index (χ0v) is 11.2. The van der Waals surface area contributed by atoms with Crippen molar-refractivity contribution in [3.63, 3.8) is 0 Å². The van der Waals surface area contributed by atoms with Crippen molar-refractivity contribution in [3.05, 3.63) is 71.5 Å². The molecule has 0 bridgehead atoms. The predicted molar refractivity (Wildman–Crippen MR) is 78.6 cm³/mol. The van der Waals surface area contributed by atoms with Crippen LogP contribution in [-0.4, -0.2) is 5.91 Å². The molecule has 0 fully saturated rings. The highest BCUT2D eigenvalue weighted by Crippen LogP contribution is 2.18. The van der Waals surface area contributed by atoms with E-state index in [0.29, 0.717) is 12.1 Å². The lowest BCUT2D eigenvalue weighted by atomic mass is 10.1. The van der Waals surface area contributed by atoms with Gasteiger partial charge < -0.3 is 9.73 Å². The van der Waals surface area contributed by atoms with Crippen molar-refractivity contribution in [2.45, 2.75) is 13.5 Å². The van der Waals surface area contributed by atoms with Crippen molar-refractivity contribution in [2.75, 3.05) is 0 Å². The molecule has 3 rings (SSSR count). The number of nitrogens with one attached hydrogen (secondary N) is 1. The van der Waals surface area contributed by atoms with Gasteiger partial charge in [-0.3, -0.25) is 4.79 Å². The normalized spacial score (nSPS) is 10.7. The number of fused-ring (bicyclic) bond motifs is 1. The molecule has 3 nitrogen and oxygen atoms in total. The Bertz CT molecular complexity index is 725. The number of furan rings is 1. The Hall–Kier alpha value is -2.55. The van der Waals surface area contributed by atoms with Crippen LogP contribution in [0.4, 0.5) is 0 Å². The molecule has 100 valence electrons. The molecule has 3 heteroatoms. The van der Waals surface area contributed by atoms with E-state index < -0.39 is 0 Å². The topological polar surface area (TPSA) is 42.2 Å². The maximum absolute atomic E-state index is 12.1. The molecule has 0 atom stereocenters. The maximum atomic E-state index is 12.1. The van der Waals surface area contributed by atoms with Crippen LogP contribution in [0, 0.1) is 6.92 Å². The van der Waals surface area contributed by atoms with E-state index in [9.17, 15) is 4.79 Å². The van der Waals surface area contributed by atoms with Gasteiger partial charge in [0.15, 0.2) is 0 Å².